The van der Waals surface area contributed by atoms with Crippen molar-refractivity contribution in [2.75, 3.05) is 20.1 Å². The van der Waals surface area contributed by atoms with Crippen LogP contribution in [-0.4, -0.2) is 25.0 Å². The predicted molar refractivity (Wildman–Crippen MR) is 145 cm³/mol. The Kier molecular flexibility index (Phi) is 11.5. The van der Waals surface area contributed by atoms with Gasteiger partial charge in [-0.3, -0.25) is 0 Å². The largest absolute Gasteiger partial charge is 0.416 e. The molecule has 0 N–H and O–H groups in total. The molecular weight excluding hydrogens is 549 g/mol. The standard InChI is InChI=1S/C22H28FN.C9H5F6NO/c1-24(15-14-18-6-3-2-4-7-18)17-19-8-5-9-21(16-19)20-10-12-22(23)13-11-20;10-8(11,12)6-1-5(4-16-17)2-7(3-6)9(13,14)15/h2-4,6-7,10-13,19,21H,5,8-9,14-17H2,1H3;1-3H,4H2/t19-,21-;/m1./s1. The fourth-order valence-corrected chi connectivity index (χ4v) is 5.18. The molecule has 0 heterocycles. The van der Waals surface area contributed by atoms with Gasteiger partial charge in [-0.25, -0.2) is 4.39 Å². The molecule has 0 aliphatic heterocycles. The van der Waals surface area contributed by atoms with E-state index in [1.54, 1.807) is 12.1 Å². The summed E-state index contributed by atoms with van der Waals surface area (Å²) in [5.74, 6) is 1.23. The van der Waals surface area contributed by atoms with Gasteiger partial charge in [0.15, 0.2) is 0 Å². The Morgan fingerprint density at radius 1 is 0.829 bits per heavy atom. The molecule has 0 unspecified atom stereocenters. The highest BCUT2D eigenvalue weighted by atomic mass is 19.4. The minimum atomic E-state index is -4.90. The molecule has 1 aliphatic carbocycles. The van der Waals surface area contributed by atoms with Crippen molar-refractivity contribution in [1.82, 2.24) is 4.90 Å². The van der Waals surface area contributed by atoms with Crippen LogP contribution in [0.5, 0.6) is 0 Å². The lowest BCUT2D eigenvalue weighted by molar-refractivity contribution is -0.143. The van der Waals surface area contributed by atoms with Crippen molar-refractivity contribution in [2.24, 2.45) is 11.1 Å². The van der Waals surface area contributed by atoms with Crippen LogP contribution in [-0.2, 0) is 25.3 Å². The second-order valence-corrected chi connectivity index (χ2v) is 10.5. The number of hydrogen-bond acceptors (Lipinski definition) is 3. The number of halogens is 7. The smallest absolute Gasteiger partial charge is 0.306 e. The number of benzene rings is 3. The molecule has 0 amide bonds. The predicted octanol–water partition coefficient (Wildman–Crippen LogP) is 9.26. The topological polar surface area (TPSA) is 32.7 Å². The Balaban J connectivity index is 0.000000241. The zero-order valence-corrected chi connectivity index (χ0v) is 22.7. The molecule has 0 bridgehead atoms. The van der Waals surface area contributed by atoms with Crippen LogP contribution >= 0.6 is 0 Å². The summed E-state index contributed by atoms with van der Waals surface area (Å²) in [6.45, 7) is 1.54. The van der Waals surface area contributed by atoms with E-state index < -0.39 is 35.6 Å². The lowest BCUT2D eigenvalue weighted by Gasteiger charge is -2.32. The van der Waals surface area contributed by atoms with Gasteiger partial charge in [-0.1, -0.05) is 54.1 Å². The number of hydrogen-bond donors (Lipinski definition) is 0. The zero-order valence-electron chi connectivity index (χ0n) is 22.7. The fraction of sp³-hybridized carbons (Fsp3) is 0.419. The molecule has 2 atom stereocenters. The summed E-state index contributed by atoms with van der Waals surface area (Å²) in [6, 6.07) is 18.8. The fourth-order valence-electron chi connectivity index (χ4n) is 5.18. The minimum absolute atomic E-state index is 0.00565. The van der Waals surface area contributed by atoms with Crippen LogP contribution in [0, 0.1) is 16.6 Å². The van der Waals surface area contributed by atoms with E-state index >= 15 is 0 Å². The highest BCUT2D eigenvalue weighted by molar-refractivity contribution is 5.33. The number of nitroso groups, excluding NO2 is 1. The Hall–Kier alpha value is -3.27. The molecule has 3 aromatic carbocycles. The molecule has 222 valence electrons. The van der Waals surface area contributed by atoms with Crippen molar-refractivity contribution in [1.29, 1.82) is 0 Å². The Morgan fingerprint density at radius 2 is 1.44 bits per heavy atom. The molecule has 1 fully saturated rings. The van der Waals surface area contributed by atoms with E-state index in [1.807, 2.05) is 12.1 Å². The Bertz CT molecular complexity index is 1200. The summed E-state index contributed by atoms with van der Waals surface area (Å²) in [5.41, 5.74) is -0.607. The summed E-state index contributed by atoms with van der Waals surface area (Å²) in [6.07, 6.45) is -3.59. The third-order valence-electron chi connectivity index (χ3n) is 7.21. The monoisotopic (exact) mass is 582 g/mol. The minimum Gasteiger partial charge on any atom is -0.306 e. The van der Waals surface area contributed by atoms with E-state index in [0.29, 0.717) is 18.1 Å². The Morgan fingerprint density at radius 3 is 2.00 bits per heavy atom. The van der Waals surface area contributed by atoms with E-state index in [2.05, 4.69) is 47.5 Å². The van der Waals surface area contributed by atoms with Crippen LogP contribution in [0.1, 0.15) is 59.4 Å². The lowest BCUT2D eigenvalue weighted by Crippen LogP contribution is -2.30. The average molecular weight is 583 g/mol. The van der Waals surface area contributed by atoms with Crippen molar-refractivity contribution < 1.29 is 30.7 Å². The number of nitrogens with zero attached hydrogens (tertiary/aromatic N) is 2. The van der Waals surface area contributed by atoms with Crippen LogP contribution in [0.25, 0.3) is 0 Å². The third-order valence-corrected chi connectivity index (χ3v) is 7.21. The van der Waals surface area contributed by atoms with Crippen molar-refractivity contribution in [3.05, 3.63) is 111 Å². The molecule has 0 aromatic heterocycles. The SMILES string of the molecule is CN(CCc1ccccc1)C[C@@H]1CCC[C@@H](c2ccc(F)cc2)C1.O=NCc1cc(C(F)(F)F)cc(C(F)(F)F)c1. The van der Waals surface area contributed by atoms with E-state index in [1.165, 1.54) is 43.4 Å². The number of likely N-dealkylation sites (N-methyl/N-ethyl adjacent to an activating group) is 1. The quantitative estimate of drug-likeness (QED) is 0.196. The van der Waals surface area contributed by atoms with Crippen molar-refractivity contribution in [2.45, 2.75) is 56.9 Å². The summed E-state index contributed by atoms with van der Waals surface area (Å²) < 4.78 is 86.9. The normalized spacial score (nSPS) is 17.6. The molecular formula is C31H33F7N2O. The maximum atomic E-state index is 13.1. The van der Waals surface area contributed by atoms with Crippen LogP contribution in [0.3, 0.4) is 0 Å². The van der Waals surface area contributed by atoms with Gasteiger partial charge in [0.05, 0.1) is 11.1 Å². The van der Waals surface area contributed by atoms with Gasteiger partial charge in [0.2, 0.25) is 0 Å². The maximum Gasteiger partial charge on any atom is 0.416 e. The molecule has 10 heteroatoms. The zero-order chi connectivity index (χ0) is 30.0. The Labute approximate surface area is 235 Å². The summed E-state index contributed by atoms with van der Waals surface area (Å²) in [4.78, 5) is 12.4. The van der Waals surface area contributed by atoms with Gasteiger partial charge in [-0.15, -0.1) is 0 Å². The van der Waals surface area contributed by atoms with E-state index in [9.17, 15) is 35.6 Å². The van der Waals surface area contributed by atoms with Gasteiger partial charge in [0, 0.05) is 13.1 Å². The summed E-state index contributed by atoms with van der Waals surface area (Å²) >= 11 is 0. The van der Waals surface area contributed by atoms with E-state index in [0.717, 1.165) is 18.9 Å². The lowest BCUT2D eigenvalue weighted by atomic mass is 9.78. The van der Waals surface area contributed by atoms with Gasteiger partial charge in [0.25, 0.3) is 0 Å². The first-order chi connectivity index (χ1) is 19.3. The van der Waals surface area contributed by atoms with Crippen molar-refractivity contribution >= 4 is 0 Å². The molecule has 0 spiro atoms. The first-order valence-electron chi connectivity index (χ1n) is 13.4. The molecule has 0 saturated heterocycles. The molecule has 3 nitrogen and oxygen atoms in total. The van der Waals surface area contributed by atoms with Crippen LogP contribution in [0.4, 0.5) is 30.7 Å². The number of rotatable bonds is 8. The maximum absolute atomic E-state index is 13.1. The van der Waals surface area contributed by atoms with Crippen molar-refractivity contribution in [3.8, 4) is 0 Å². The summed E-state index contributed by atoms with van der Waals surface area (Å²) in [5, 5.41) is 2.27. The average Bonchev–Trinajstić information content (AvgIpc) is 2.92. The molecule has 1 aliphatic rings. The molecule has 0 radical (unpaired) electrons. The number of alkyl halides is 6. The van der Waals surface area contributed by atoms with Gasteiger partial charge >= 0.3 is 12.4 Å². The second-order valence-electron chi connectivity index (χ2n) is 10.5. The molecule has 4 rings (SSSR count). The van der Waals surface area contributed by atoms with E-state index in [4.69, 9.17) is 0 Å². The third kappa shape index (κ3) is 10.6. The second kappa shape index (κ2) is 14.6. The molecule has 1 saturated carbocycles. The van der Waals surface area contributed by atoms with Crippen molar-refractivity contribution in [3.63, 3.8) is 0 Å². The van der Waals surface area contributed by atoms with E-state index in [-0.39, 0.29) is 11.9 Å². The first kappa shape index (κ1) is 32.2. The molecule has 41 heavy (non-hydrogen) atoms. The van der Waals surface area contributed by atoms with Gasteiger partial charge in [-0.2, -0.15) is 31.2 Å². The van der Waals surface area contributed by atoms with Crippen LogP contribution in [0.15, 0.2) is 78.0 Å². The van der Waals surface area contributed by atoms with Gasteiger partial charge < -0.3 is 4.90 Å². The van der Waals surface area contributed by atoms with Crippen LogP contribution in [0.2, 0.25) is 0 Å². The first-order valence-corrected chi connectivity index (χ1v) is 13.4. The molecule has 3 aromatic rings. The highest BCUT2D eigenvalue weighted by Crippen LogP contribution is 2.37. The summed E-state index contributed by atoms with van der Waals surface area (Å²) in [7, 11) is 2.24. The van der Waals surface area contributed by atoms with Crippen LogP contribution < -0.4 is 0 Å². The highest BCUT2D eigenvalue weighted by Gasteiger charge is 2.36. The van der Waals surface area contributed by atoms with Gasteiger partial charge in [-0.05, 0) is 91.6 Å². The van der Waals surface area contributed by atoms with Gasteiger partial charge in [0.1, 0.15) is 12.4 Å².